The highest BCUT2D eigenvalue weighted by atomic mass is 79.9. The second-order valence-electron chi connectivity index (χ2n) is 6.00. The van der Waals surface area contributed by atoms with Crippen LogP contribution in [-0.4, -0.2) is 18.2 Å². The quantitative estimate of drug-likeness (QED) is 0.648. The molecule has 0 saturated carbocycles. The zero-order chi connectivity index (χ0) is 18.9. The van der Waals surface area contributed by atoms with Crippen molar-refractivity contribution >= 4 is 31.8 Å². The first-order valence-corrected chi connectivity index (χ1v) is 10.1. The number of halogens is 2. The molecule has 3 aromatic rings. The number of nitrogens with one attached hydrogen (secondary N) is 1. The van der Waals surface area contributed by atoms with Gasteiger partial charge < -0.3 is 0 Å². The Morgan fingerprint density at radius 3 is 2.46 bits per heavy atom. The van der Waals surface area contributed by atoms with Crippen molar-refractivity contribution in [2.24, 2.45) is 0 Å². The van der Waals surface area contributed by atoms with E-state index in [1.165, 1.54) is 12.1 Å². The normalized spacial score (nSPS) is 11.5. The molecule has 0 aliphatic heterocycles. The van der Waals surface area contributed by atoms with Gasteiger partial charge in [-0.2, -0.15) is 5.10 Å². The van der Waals surface area contributed by atoms with Crippen LogP contribution in [0.25, 0.3) is 0 Å². The third-order valence-corrected chi connectivity index (χ3v) is 5.91. The molecule has 0 aliphatic rings. The van der Waals surface area contributed by atoms with Gasteiger partial charge in [-0.25, -0.2) is 12.8 Å². The summed E-state index contributed by atoms with van der Waals surface area (Å²) in [5.41, 5.74) is 2.77. The second-order valence-corrected chi connectivity index (χ2v) is 8.54. The Hall–Kier alpha value is -2.19. The lowest BCUT2D eigenvalue weighted by Crippen LogP contribution is -2.14. The molecule has 0 aliphatic carbocycles. The van der Waals surface area contributed by atoms with Gasteiger partial charge in [-0.05, 0) is 70.7 Å². The third-order valence-electron chi connectivity index (χ3n) is 3.99. The summed E-state index contributed by atoms with van der Waals surface area (Å²) < 4.78 is 42.8. The van der Waals surface area contributed by atoms with E-state index in [-0.39, 0.29) is 16.5 Å². The second kappa shape index (κ2) is 7.20. The summed E-state index contributed by atoms with van der Waals surface area (Å²) in [5.74, 6) is -0.109. The molecule has 0 radical (unpaired) electrons. The van der Waals surface area contributed by atoms with Crippen molar-refractivity contribution in [3.05, 3.63) is 75.6 Å². The topological polar surface area (TPSA) is 64.0 Å². The summed E-state index contributed by atoms with van der Waals surface area (Å²) in [6, 6.07) is 11.0. The Morgan fingerprint density at radius 1 is 1.12 bits per heavy atom. The summed E-state index contributed by atoms with van der Waals surface area (Å²) in [4.78, 5) is 0.181. The highest BCUT2D eigenvalue weighted by molar-refractivity contribution is 9.10. The first-order chi connectivity index (χ1) is 12.2. The minimum Gasteiger partial charge on any atom is -0.265 e. The molecule has 1 N–H and O–H groups in total. The van der Waals surface area contributed by atoms with Crippen LogP contribution < -0.4 is 4.72 Å². The number of anilines is 1. The Morgan fingerprint density at radius 2 is 1.81 bits per heavy atom. The van der Waals surface area contributed by atoms with Crippen LogP contribution in [0.1, 0.15) is 16.7 Å². The maximum Gasteiger partial charge on any atom is 0.263 e. The van der Waals surface area contributed by atoms with Gasteiger partial charge in [-0.1, -0.05) is 18.2 Å². The molecule has 5 nitrogen and oxygen atoms in total. The number of benzene rings is 2. The number of hydrogen-bond acceptors (Lipinski definition) is 3. The molecule has 0 amide bonds. The third kappa shape index (κ3) is 4.13. The smallest absolute Gasteiger partial charge is 0.263 e. The van der Waals surface area contributed by atoms with Crippen molar-refractivity contribution in [3.63, 3.8) is 0 Å². The zero-order valence-electron chi connectivity index (χ0n) is 14.2. The summed E-state index contributed by atoms with van der Waals surface area (Å²) in [7, 11) is -3.75. The molecular formula is C18H17BrFN3O2S. The van der Waals surface area contributed by atoms with Gasteiger partial charge in [0.25, 0.3) is 10.0 Å². The van der Waals surface area contributed by atoms with Crippen LogP contribution in [0.3, 0.4) is 0 Å². The van der Waals surface area contributed by atoms with Crippen molar-refractivity contribution in [1.82, 2.24) is 9.78 Å². The summed E-state index contributed by atoms with van der Waals surface area (Å²) in [5, 5.41) is 4.26. The van der Waals surface area contributed by atoms with E-state index < -0.39 is 10.0 Å². The Labute approximate surface area is 160 Å². The van der Waals surface area contributed by atoms with E-state index in [9.17, 15) is 12.8 Å². The number of rotatable bonds is 5. The molecule has 0 atom stereocenters. The van der Waals surface area contributed by atoms with Crippen LogP contribution in [-0.2, 0) is 16.6 Å². The SMILES string of the molecule is Cc1ccc(S(=O)(=O)Nc2nn(Cc3ccc(F)cc3)cc2Br)cc1C. The largest absolute Gasteiger partial charge is 0.265 e. The molecule has 0 unspecified atom stereocenters. The lowest BCUT2D eigenvalue weighted by molar-refractivity contribution is 0.600. The Bertz CT molecular complexity index is 1050. The minimum atomic E-state index is -3.75. The Kier molecular flexibility index (Phi) is 5.15. The lowest BCUT2D eigenvalue weighted by Gasteiger charge is -2.08. The maximum atomic E-state index is 13.0. The van der Waals surface area contributed by atoms with E-state index in [1.807, 2.05) is 13.8 Å². The van der Waals surface area contributed by atoms with E-state index in [0.717, 1.165) is 16.7 Å². The molecular weight excluding hydrogens is 421 g/mol. The standard InChI is InChI=1S/C18H17BrFN3O2S/c1-12-3-8-16(9-13(12)2)26(24,25)22-18-17(19)11-23(21-18)10-14-4-6-15(20)7-5-14/h3-9,11H,10H2,1-2H3,(H,21,22). The lowest BCUT2D eigenvalue weighted by atomic mass is 10.1. The van der Waals surface area contributed by atoms with Crippen molar-refractivity contribution in [3.8, 4) is 0 Å². The summed E-state index contributed by atoms with van der Waals surface area (Å²) >= 11 is 3.32. The molecule has 0 spiro atoms. The van der Waals surface area contributed by atoms with Crippen molar-refractivity contribution in [2.45, 2.75) is 25.3 Å². The highest BCUT2D eigenvalue weighted by Crippen LogP contribution is 2.24. The van der Waals surface area contributed by atoms with Crippen molar-refractivity contribution < 1.29 is 12.8 Å². The first-order valence-electron chi connectivity index (χ1n) is 7.82. The first kappa shape index (κ1) is 18.6. The minimum absolute atomic E-state index is 0.181. The van der Waals surface area contributed by atoms with E-state index in [0.29, 0.717) is 11.0 Å². The van der Waals surface area contributed by atoms with Crippen LogP contribution >= 0.6 is 15.9 Å². The average Bonchev–Trinajstić information content (AvgIpc) is 2.91. The van der Waals surface area contributed by atoms with Crippen LogP contribution in [0.15, 0.2) is 58.0 Å². The molecule has 2 aromatic carbocycles. The molecule has 136 valence electrons. The van der Waals surface area contributed by atoms with Crippen LogP contribution in [0.5, 0.6) is 0 Å². The van der Waals surface area contributed by atoms with Gasteiger partial charge in [0.2, 0.25) is 0 Å². The fourth-order valence-corrected chi connectivity index (χ4v) is 4.04. The van der Waals surface area contributed by atoms with E-state index in [2.05, 4.69) is 25.8 Å². The van der Waals surface area contributed by atoms with Crippen LogP contribution in [0, 0.1) is 19.7 Å². The van der Waals surface area contributed by atoms with E-state index in [1.54, 1.807) is 41.2 Å². The number of aryl methyl sites for hydroxylation is 2. The molecule has 1 aromatic heterocycles. The van der Waals surface area contributed by atoms with Gasteiger partial charge in [0.15, 0.2) is 5.82 Å². The predicted octanol–water partition coefficient (Wildman–Crippen LogP) is 4.25. The molecule has 3 rings (SSSR count). The van der Waals surface area contributed by atoms with Gasteiger partial charge in [0.1, 0.15) is 5.82 Å². The molecule has 0 fully saturated rings. The van der Waals surface area contributed by atoms with Gasteiger partial charge in [-0.15, -0.1) is 0 Å². The highest BCUT2D eigenvalue weighted by Gasteiger charge is 2.18. The van der Waals surface area contributed by atoms with Crippen molar-refractivity contribution in [1.29, 1.82) is 0 Å². The fraction of sp³-hybridized carbons (Fsp3) is 0.167. The fourth-order valence-electron chi connectivity index (χ4n) is 2.39. The summed E-state index contributed by atoms with van der Waals surface area (Å²) in [6.45, 7) is 4.18. The maximum absolute atomic E-state index is 13.0. The Balaban J connectivity index is 1.82. The van der Waals surface area contributed by atoms with Gasteiger partial charge >= 0.3 is 0 Å². The number of aromatic nitrogens is 2. The molecule has 1 heterocycles. The summed E-state index contributed by atoms with van der Waals surface area (Å²) in [6.07, 6.45) is 1.67. The number of nitrogens with zero attached hydrogens (tertiary/aromatic N) is 2. The monoisotopic (exact) mass is 437 g/mol. The van der Waals surface area contributed by atoms with E-state index in [4.69, 9.17) is 0 Å². The van der Waals surface area contributed by atoms with Gasteiger partial charge in [0.05, 0.1) is 15.9 Å². The predicted molar refractivity (Wildman–Crippen MR) is 102 cm³/mol. The van der Waals surface area contributed by atoms with Gasteiger partial charge in [0, 0.05) is 6.20 Å². The van der Waals surface area contributed by atoms with Crippen LogP contribution in [0.4, 0.5) is 10.2 Å². The molecule has 0 saturated heterocycles. The number of hydrogen-bond donors (Lipinski definition) is 1. The van der Waals surface area contributed by atoms with Crippen molar-refractivity contribution in [2.75, 3.05) is 4.72 Å². The zero-order valence-corrected chi connectivity index (χ0v) is 16.6. The van der Waals surface area contributed by atoms with E-state index >= 15 is 0 Å². The number of sulfonamides is 1. The molecule has 8 heteroatoms. The van der Waals surface area contributed by atoms with Crippen LogP contribution in [0.2, 0.25) is 0 Å². The van der Waals surface area contributed by atoms with Gasteiger partial charge in [-0.3, -0.25) is 9.40 Å². The molecule has 26 heavy (non-hydrogen) atoms. The molecule has 0 bridgehead atoms. The average molecular weight is 438 g/mol.